The van der Waals surface area contributed by atoms with Crippen LogP contribution in [0.15, 0.2) is 47.5 Å². The van der Waals surface area contributed by atoms with Gasteiger partial charge in [0.05, 0.1) is 33.4 Å². The average Bonchev–Trinajstić information content (AvgIpc) is 2.73. The van der Waals surface area contributed by atoms with Gasteiger partial charge in [0.25, 0.3) is 0 Å². The zero-order valence-corrected chi connectivity index (χ0v) is 17.6. The van der Waals surface area contributed by atoms with Crippen LogP contribution in [0.3, 0.4) is 0 Å². The first-order chi connectivity index (χ1) is 13.4. The van der Waals surface area contributed by atoms with Crippen molar-refractivity contribution in [2.45, 2.75) is 25.8 Å². The number of hydrogen-bond donors (Lipinski definition) is 2. The number of nitrogens with one attached hydrogen (secondary N) is 2. The van der Waals surface area contributed by atoms with E-state index in [1.165, 1.54) is 5.56 Å². The first-order valence-electron chi connectivity index (χ1n) is 9.24. The predicted molar refractivity (Wildman–Crippen MR) is 114 cm³/mol. The number of methoxy groups -OCH3 is 3. The molecule has 6 nitrogen and oxygen atoms in total. The molecule has 0 aromatic heterocycles. The molecule has 28 heavy (non-hydrogen) atoms. The Morgan fingerprint density at radius 3 is 2.04 bits per heavy atom. The van der Waals surface area contributed by atoms with E-state index in [4.69, 9.17) is 14.2 Å². The van der Waals surface area contributed by atoms with E-state index in [1.807, 2.05) is 18.2 Å². The maximum atomic E-state index is 5.51. The molecule has 0 aliphatic carbocycles. The van der Waals surface area contributed by atoms with E-state index in [0.717, 1.165) is 12.1 Å². The topological polar surface area (TPSA) is 64.1 Å². The van der Waals surface area contributed by atoms with Crippen LogP contribution in [0, 0.1) is 0 Å². The lowest BCUT2D eigenvalue weighted by Crippen LogP contribution is -2.43. The second-order valence-corrected chi connectivity index (χ2v) is 7.04. The van der Waals surface area contributed by atoms with Gasteiger partial charge in [-0.1, -0.05) is 44.2 Å². The molecule has 0 heterocycles. The zero-order valence-electron chi connectivity index (χ0n) is 17.6. The summed E-state index contributed by atoms with van der Waals surface area (Å²) in [6.07, 6.45) is 0. The standard InChI is InChI=1S/C22H31N3O3/c1-22(2,16-10-8-7-9-11-16)15-25-21(23-3)24-14-18-19(27-5)12-17(26-4)13-20(18)28-6/h7-13H,14-15H2,1-6H3,(H2,23,24,25). The van der Waals surface area contributed by atoms with Crippen molar-refractivity contribution >= 4 is 5.96 Å². The molecule has 0 fully saturated rings. The van der Waals surface area contributed by atoms with Crippen LogP contribution in [0.25, 0.3) is 0 Å². The van der Waals surface area contributed by atoms with Crippen molar-refractivity contribution in [2.24, 2.45) is 4.99 Å². The Morgan fingerprint density at radius 2 is 1.54 bits per heavy atom. The van der Waals surface area contributed by atoms with Gasteiger partial charge in [-0.2, -0.15) is 0 Å². The minimum atomic E-state index is -0.0334. The van der Waals surface area contributed by atoms with E-state index in [0.29, 0.717) is 29.8 Å². The smallest absolute Gasteiger partial charge is 0.191 e. The van der Waals surface area contributed by atoms with Gasteiger partial charge in [0.15, 0.2) is 5.96 Å². The SMILES string of the molecule is CN=C(NCc1c(OC)cc(OC)cc1OC)NCC(C)(C)c1ccccc1. The first kappa shape index (κ1) is 21.4. The highest BCUT2D eigenvalue weighted by atomic mass is 16.5. The lowest BCUT2D eigenvalue weighted by Gasteiger charge is -2.27. The highest BCUT2D eigenvalue weighted by Crippen LogP contribution is 2.33. The minimum absolute atomic E-state index is 0.0334. The van der Waals surface area contributed by atoms with Crippen molar-refractivity contribution in [3.8, 4) is 17.2 Å². The maximum absolute atomic E-state index is 5.51. The van der Waals surface area contributed by atoms with E-state index in [-0.39, 0.29) is 5.41 Å². The lowest BCUT2D eigenvalue weighted by molar-refractivity contribution is 0.368. The van der Waals surface area contributed by atoms with Gasteiger partial charge in [-0.05, 0) is 5.56 Å². The molecule has 0 bridgehead atoms. The number of aliphatic imine (C=N–C) groups is 1. The second-order valence-electron chi connectivity index (χ2n) is 7.04. The zero-order chi connectivity index (χ0) is 20.6. The van der Waals surface area contributed by atoms with E-state index >= 15 is 0 Å². The van der Waals surface area contributed by atoms with E-state index < -0.39 is 0 Å². The average molecular weight is 386 g/mol. The number of guanidine groups is 1. The molecule has 2 rings (SSSR count). The largest absolute Gasteiger partial charge is 0.496 e. The quantitative estimate of drug-likeness (QED) is 0.539. The monoisotopic (exact) mass is 385 g/mol. The van der Waals surface area contributed by atoms with Crippen molar-refractivity contribution in [3.63, 3.8) is 0 Å². The number of ether oxygens (including phenoxy) is 3. The summed E-state index contributed by atoms with van der Waals surface area (Å²) in [6, 6.07) is 14.1. The normalized spacial score (nSPS) is 11.7. The first-order valence-corrected chi connectivity index (χ1v) is 9.24. The fourth-order valence-electron chi connectivity index (χ4n) is 2.94. The Morgan fingerprint density at radius 1 is 0.929 bits per heavy atom. The van der Waals surface area contributed by atoms with Crippen LogP contribution >= 0.6 is 0 Å². The Kier molecular flexibility index (Phi) is 7.55. The molecule has 2 aromatic rings. The highest BCUT2D eigenvalue weighted by molar-refractivity contribution is 5.80. The van der Waals surface area contributed by atoms with Crippen molar-refractivity contribution < 1.29 is 14.2 Å². The lowest BCUT2D eigenvalue weighted by atomic mass is 9.85. The Hall–Kier alpha value is -2.89. The van der Waals surface area contributed by atoms with Gasteiger partial charge < -0.3 is 24.8 Å². The molecular weight excluding hydrogens is 354 g/mol. The van der Waals surface area contributed by atoms with Crippen molar-refractivity contribution in [2.75, 3.05) is 34.9 Å². The number of hydrogen-bond acceptors (Lipinski definition) is 4. The van der Waals surface area contributed by atoms with Crippen LogP contribution in [0.1, 0.15) is 25.0 Å². The summed E-state index contributed by atoms with van der Waals surface area (Å²) in [5.41, 5.74) is 2.14. The van der Waals surface area contributed by atoms with Crippen LogP contribution in [-0.4, -0.2) is 40.9 Å². The molecule has 0 aliphatic rings. The van der Waals surface area contributed by atoms with Gasteiger partial charge in [0.2, 0.25) is 0 Å². The van der Waals surface area contributed by atoms with Crippen molar-refractivity contribution in [1.29, 1.82) is 0 Å². The molecule has 152 valence electrons. The van der Waals surface area contributed by atoms with Gasteiger partial charge in [0, 0.05) is 31.1 Å². The van der Waals surface area contributed by atoms with Crippen LogP contribution in [0.5, 0.6) is 17.2 Å². The molecule has 0 saturated heterocycles. The fraction of sp³-hybridized carbons (Fsp3) is 0.409. The predicted octanol–water partition coefficient (Wildman–Crippen LogP) is 3.36. The third-order valence-corrected chi connectivity index (χ3v) is 4.73. The van der Waals surface area contributed by atoms with E-state index in [9.17, 15) is 0 Å². The van der Waals surface area contributed by atoms with Gasteiger partial charge in [-0.3, -0.25) is 4.99 Å². The third-order valence-electron chi connectivity index (χ3n) is 4.73. The van der Waals surface area contributed by atoms with Gasteiger partial charge in [-0.15, -0.1) is 0 Å². The van der Waals surface area contributed by atoms with Gasteiger partial charge in [0.1, 0.15) is 17.2 Å². The molecule has 2 N–H and O–H groups in total. The molecule has 2 aromatic carbocycles. The molecule has 0 aliphatic heterocycles. The third kappa shape index (κ3) is 5.31. The van der Waals surface area contributed by atoms with Gasteiger partial charge in [-0.25, -0.2) is 0 Å². The molecule has 0 amide bonds. The Labute approximate surface area is 167 Å². The molecule has 0 saturated carbocycles. The molecule has 0 unspecified atom stereocenters. The minimum Gasteiger partial charge on any atom is -0.496 e. The summed E-state index contributed by atoms with van der Waals surface area (Å²) in [7, 11) is 6.64. The number of nitrogens with zero attached hydrogens (tertiary/aromatic N) is 1. The molecule has 0 radical (unpaired) electrons. The van der Waals surface area contributed by atoms with Crippen molar-refractivity contribution in [1.82, 2.24) is 10.6 Å². The van der Waals surface area contributed by atoms with E-state index in [1.54, 1.807) is 28.4 Å². The summed E-state index contributed by atoms with van der Waals surface area (Å²) in [6.45, 7) is 5.66. The Balaban J connectivity index is 2.07. The van der Waals surface area contributed by atoms with Gasteiger partial charge >= 0.3 is 0 Å². The number of benzene rings is 2. The fourth-order valence-corrected chi connectivity index (χ4v) is 2.94. The van der Waals surface area contributed by atoms with E-state index in [2.05, 4.69) is 53.7 Å². The highest BCUT2D eigenvalue weighted by Gasteiger charge is 2.21. The van der Waals surface area contributed by atoms with Crippen LogP contribution < -0.4 is 24.8 Å². The van der Waals surface area contributed by atoms with Crippen LogP contribution in [0.4, 0.5) is 0 Å². The molecule has 0 atom stereocenters. The molecule has 6 heteroatoms. The summed E-state index contributed by atoms with van der Waals surface area (Å²) in [5.74, 6) is 2.79. The maximum Gasteiger partial charge on any atom is 0.191 e. The summed E-state index contributed by atoms with van der Waals surface area (Å²) in [5, 5.41) is 6.74. The summed E-state index contributed by atoms with van der Waals surface area (Å²) >= 11 is 0. The van der Waals surface area contributed by atoms with Crippen LogP contribution in [0.2, 0.25) is 0 Å². The Bertz CT molecular complexity index is 764. The number of rotatable bonds is 8. The molecule has 0 spiro atoms. The second kappa shape index (κ2) is 9.88. The summed E-state index contributed by atoms with van der Waals surface area (Å²) < 4.78 is 16.3. The summed E-state index contributed by atoms with van der Waals surface area (Å²) in [4.78, 5) is 4.33. The van der Waals surface area contributed by atoms with Crippen LogP contribution in [-0.2, 0) is 12.0 Å². The molecular formula is C22H31N3O3. The van der Waals surface area contributed by atoms with Crippen molar-refractivity contribution in [3.05, 3.63) is 53.6 Å².